The molecule has 18 heavy (non-hydrogen) atoms. The first-order valence-electron chi connectivity index (χ1n) is 4.89. The fourth-order valence-corrected chi connectivity index (χ4v) is 1.80. The summed E-state index contributed by atoms with van der Waals surface area (Å²) in [6.45, 7) is 0. The Hall–Kier alpha value is -1.34. The van der Waals surface area contributed by atoms with Gasteiger partial charge >= 0.3 is 5.97 Å². The van der Waals surface area contributed by atoms with Gasteiger partial charge in [-0.15, -0.1) is 0 Å². The molecule has 0 bridgehead atoms. The van der Waals surface area contributed by atoms with Gasteiger partial charge in [0.05, 0.1) is 5.02 Å². The van der Waals surface area contributed by atoms with Crippen LogP contribution in [-0.2, 0) is 0 Å². The molecule has 0 saturated carbocycles. The molecule has 1 N–H and O–H groups in total. The van der Waals surface area contributed by atoms with E-state index >= 15 is 0 Å². The lowest BCUT2D eigenvalue weighted by atomic mass is 10.3. The average molecular weight is 376 g/mol. The minimum absolute atomic E-state index is 0.0810. The standard InChI is InChI=1S/C12H7ClINO3/c13-9-5-6-10(15-11(9)12(16)17)18-8-3-1-7(14)2-4-8/h1-6H,(H,16,17). The zero-order valence-corrected chi connectivity index (χ0v) is 11.8. The number of nitrogens with zero attached hydrogens (tertiary/aromatic N) is 1. The molecule has 0 aliphatic carbocycles. The van der Waals surface area contributed by atoms with Gasteiger partial charge in [0.1, 0.15) is 5.75 Å². The Balaban J connectivity index is 2.27. The highest BCUT2D eigenvalue weighted by molar-refractivity contribution is 14.1. The molecule has 6 heteroatoms. The van der Waals surface area contributed by atoms with Gasteiger partial charge in [-0.25, -0.2) is 9.78 Å². The molecular formula is C12H7ClINO3. The summed E-state index contributed by atoms with van der Waals surface area (Å²) in [6, 6.07) is 10.3. The maximum atomic E-state index is 10.9. The number of carbonyl (C=O) groups is 1. The van der Waals surface area contributed by atoms with Crippen molar-refractivity contribution < 1.29 is 14.6 Å². The van der Waals surface area contributed by atoms with Crippen LogP contribution in [0, 0.1) is 3.57 Å². The summed E-state index contributed by atoms with van der Waals surface area (Å²) < 4.78 is 6.52. The van der Waals surface area contributed by atoms with E-state index in [0.29, 0.717) is 5.75 Å². The fraction of sp³-hybridized carbons (Fsp3) is 0. The summed E-state index contributed by atoms with van der Waals surface area (Å²) in [5.74, 6) is -0.410. The van der Waals surface area contributed by atoms with E-state index in [0.717, 1.165) is 3.57 Å². The van der Waals surface area contributed by atoms with Crippen molar-refractivity contribution in [2.45, 2.75) is 0 Å². The molecule has 0 amide bonds. The highest BCUT2D eigenvalue weighted by Gasteiger charge is 2.12. The maximum Gasteiger partial charge on any atom is 0.356 e. The summed E-state index contributed by atoms with van der Waals surface area (Å²) in [5, 5.41) is 8.97. The van der Waals surface area contributed by atoms with Gasteiger partial charge in [-0.05, 0) is 52.9 Å². The zero-order chi connectivity index (χ0) is 13.1. The summed E-state index contributed by atoms with van der Waals surface area (Å²) in [5.41, 5.74) is -0.223. The Kier molecular flexibility index (Phi) is 4.03. The van der Waals surface area contributed by atoms with Crippen LogP contribution in [0.2, 0.25) is 5.02 Å². The quantitative estimate of drug-likeness (QED) is 0.828. The van der Waals surface area contributed by atoms with E-state index in [9.17, 15) is 4.79 Å². The Morgan fingerprint density at radius 3 is 2.50 bits per heavy atom. The average Bonchev–Trinajstić information content (AvgIpc) is 2.34. The second kappa shape index (κ2) is 5.53. The molecule has 0 aliphatic heterocycles. The SMILES string of the molecule is O=C(O)c1nc(Oc2ccc(I)cc2)ccc1Cl. The van der Waals surface area contributed by atoms with Gasteiger partial charge in [0.2, 0.25) is 5.88 Å². The van der Waals surface area contributed by atoms with Crippen molar-refractivity contribution in [3.63, 3.8) is 0 Å². The molecule has 0 unspecified atom stereocenters. The first-order valence-corrected chi connectivity index (χ1v) is 6.35. The Labute approximate surface area is 122 Å². The monoisotopic (exact) mass is 375 g/mol. The number of ether oxygens (including phenoxy) is 1. The van der Waals surface area contributed by atoms with Gasteiger partial charge in [0.15, 0.2) is 5.69 Å². The minimum atomic E-state index is -1.19. The number of rotatable bonds is 3. The number of carboxylic acid groups (broad SMARTS) is 1. The predicted octanol–water partition coefficient (Wildman–Crippen LogP) is 3.83. The Bertz CT molecular complexity index is 586. The highest BCUT2D eigenvalue weighted by Crippen LogP contribution is 2.23. The van der Waals surface area contributed by atoms with E-state index in [1.165, 1.54) is 12.1 Å². The number of carboxylic acids is 1. The Morgan fingerprint density at radius 2 is 1.89 bits per heavy atom. The molecule has 2 rings (SSSR count). The molecule has 1 aromatic heterocycles. The van der Waals surface area contributed by atoms with E-state index in [1.807, 2.05) is 12.1 Å². The number of hydrogen-bond donors (Lipinski definition) is 1. The van der Waals surface area contributed by atoms with Crippen molar-refractivity contribution in [1.82, 2.24) is 4.98 Å². The number of benzene rings is 1. The number of pyridine rings is 1. The van der Waals surface area contributed by atoms with Crippen molar-refractivity contribution in [1.29, 1.82) is 0 Å². The first-order chi connectivity index (χ1) is 8.56. The van der Waals surface area contributed by atoms with Crippen molar-refractivity contribution in [3.8, 4) is 11.6 Å². The molecule has 0 aliphatic rings. The van der Waals surface area contributed by atoms with Crippen molar-refractivity contribution in [2.24, 2.45) is 0 Å². The van der Waals surface area contributed by atoms with E-state index in [4.69, 9.17) is 21.4 Å². The van der Waals surface area contributed by atoms with Crippen molar-refractivity contribution >= 4 is 40.2 Å². The molecule has 1 aromatic carbocycles. The van der Waals surface area contributed by atoms with Crippen LogP contribution in [-0.4, -0.2) is 16.1 Å². The Morgan fingerprint density at radius 1 is 1.22 bits per heavy atom. The number of aromatic nitrogens is 1. The van der Waals surface area contributed by atoms with E-state index in [2.05, 4.69) is 27.6 Å². The molecule has 0 fully saturated rings. The topological polar surface area (TPSA) is 59.4 Å². The zero-order valence-electron chi connectivity index (χ0n) is 8.93. The smallest absolute Gasteiger partial charge is 0.356 e. The summed E-state index contributed by atoms with van der Waals surface area (Å²) >= 11 is 7.89. The van der Waals surface area contributed by atoms with Gasteiger partial charge in [-0.3, -0.25) is 0 Å². The van der Waals surface area contributed by atoms with Crippen LogP contribution in [0.25, 0.3) is 0 Å². The third-order valence-corrected chi connectivity index (χ3v) is 3.08. The van der Waals surface area contributed by atoms with Gasteiger partial charge in [-0.2, -0.15) is 0 Å². The molecule has 0 radical (unpaired) electrons. The van der Waals surface area contributed by atoms with Crippen LogP contribution in [0.3, 0.4) is 0 Å². The molecule has 0 saturated heterocycles. The van der Waals surface area contributed by atoms with Crippen molar-refractivity contribution in [3.05, 3.63) is 50.7 Å². The molecule has 4 nitrogen and oxygen atoms in total. The third-order valence-electron chi connectivity index (χ3n) is 2.06. The van der Waals surface area contributed by atoms with E-state index in [-0.39, 0.29) is 16.6 Å². The normalized spacial score (nSPS) is 10.1. The van der Waals surface area contributed by atoms with Crippen LogP contribution in [0.4, 0.5) is 0 Å². The fourth-order valence-electron chi connectivity index (χ4n) is 1.25. The minimum Gasteiger partial charge on any atom is -0.476 e. The largest absolute Gasteiger partial charge is 0.476 e. The van der Waals surface area contributed by atoms with Gasteiger partial charge in [-0.1, -0.05) is 11.6 Å². The molecule has 0 atom stereocenters. The maximum absolute atomic E-state index is 10.9. The molecule has 2 aromatic rings. The number of hydrogen-bond acceptors (Lipinski definition) is 3. The molecular weight excluding hydrogens is 368 g/mol. The second-order valence-electron chi connectivity index (χ2n) is 3.34. The number of halogens is 2. The van der Waals surface area contributed by atoms with Crippen LogP contribution in [0.5, 0.6) is 11.6 Å². The van der Waals surface area contributed by atoms with Gasteiger partial charge < -0.3 is 9.84 Å². The summed E-state index contributed by atoms with van der Waals surface area (Å²) in [6.07, 6.45) is 0. The lowest BCUT2D eigenvalue weighted by Crippen LogP contribution is -2.02. The third kappa shape index (κ3) is 3.11. The predicted molar refractivity (Wildman–Crippen MR) is 75.4 cm³/mol. The van der Waals surface area contributed by atoms with Crippen LogP contribution < -0.4 is 4.74 Å². The van der Waals surface area contributed by atoms with Crippen LogP contribution >= 0.6 is 34.2 Å². The lowest BCUT2D eigenvalue weighted by Gasteiger charge is -2.06. The molecule has 1 heterocycles. The highest BCUT2D eigenvalue weighted by atomic mass is 127. The van der Waals surface area contributed by atoms with E-state index in [1.54, 1.807) is 12.1 Å². The van der Waals surface area contributed by atoms with Gasteiger partial charge in [0, 0.05) is 9.64 Å². The van der Waals surface area contributed by atoms with E-state index < -0.39 is 5.97 Å². The van der Waals surface area contributed by atoms with Gasteiger partial charge in [0.25, 0.3) is 0 Å². The first kappa shape index (κ1) is 13.1. The van der Waals surface area contributed by atoms with Crippen LogP contribution in [0.15, 0.2) is 36.4 Å². The number of aromatic carboxylic acids is 1. The molecule has 0 spiro atoms. The summed E-state index contributed by atoms with van der Waals surface area (Å²) in [7, 11) is 0. The molecule has 92 valence electrons. The lowest BCUT2D eigenvalue weighted by molar-refractivity contribution is 0.0690. The summed E-state index contributed by atoms with van der Waals surface area (Å²) in [4.78, 5) is 14.7. The van der Waals surface area contributed by atoms with Crippen molar-refractivity contribution in [2.75, 3.05) is 0 Å². The van der Waals surface area contributed by atoms with Crippen LogP contribution in [0.1, 0.15) is 10.5 Å². The second-order valence-corrected chi connectivity index (χ2v) is 4.99.